The van der Waals surface area contributed by atoms with Gasteiger partial charge in [0.1, 0.15) is 5.75 Å². The molecule has 0 bridgehead atoms. The van der Waals surface area contributed by atoms with Crippen molar-refractivity contribution < 1.29 is 14.3 Å². The molecule has 0 aliphatic heterocycles. The molecule has 3 aromatic rings. The molecule has 1 heterocycles. The number of aromatic nitrogens is 2. The van der Waals surface area contributed by atoms with Gasteiger partial charge in [0.2, 0.25) is 11.0 Å². The minimum absolute atomic E-state index is 0.0715. The van der Waals surface area contributed by atoms with Gasteiger partial charge in [-0.05, 0) is 24.3 Å². The SMILES string of the molecule is O=C(Sc1nnc(-c2ccccc2)o1)c1ccccc1O. The molecule has 3 rings (SSSR count). The number of para-hydroxylation sites is 1. The summed E-state index contributed by atoms with van der Waals surface area (Å²) in [6.07, 6.45) is 0. The van der Waals surface area contributed by atoms with E-state index in [9.17, 15) is 9.90 Å². The fourth-order valence-electron chi connectivity index (χ4n) is 1.73. The molecule has 1 aromatic heterocycles. The van der Waals surface area contributed by atoms with E-state index >= 15 is 0 Å². The van der Waals surface area contributed by atoms with Crippen LogP contribution in [0.4, 0.5) is 0 Å². The first kappa shape index (κ1) is 13.4. The Labute approximate surface area is 124 Å². The fourth-order valence-corrected chi connectivity index (χ4v) is 2.37. The Morgan fingerprint density at radius 3 is 2.48 bits per heavy atom. The Morgan fingerprint density at radius 2 is 1.71 bits per heavy atom. The Balaban J connectivity index is 1.79. The van der Waals surface area contributed by atoms with Crippen molar-refractivity contribution in [3.05, 3.63) is 60.2 Å². The highest BCUT2D eigenvalue weighted by Gasteiger charge is 2.17. The van der Waals surface area contributed by atoms with Crippen LogP contribution in [0.1, 0.15) is 10.4 Å². The Kier molecular flexibility index (Phi) is 3.70. The largest absolute Gasteiger partial charge is 0.507 e. The van der Waals surface area contributed by atoms with Gasteiger partial charge < -0.3 is 9.52 Å². The van der Waals surface area contributed by atoms with Crippen LogP contribution in [0.3, 0.4) is 0 Å². The number of nitrogens with zero attached hydrogens (tertiary/aromatic N) is 2. The van der Waals surface area contributed by atoms with E-state index in [1.165, 1.54) is 6.07 Å². The summed E-state index contributed by atoms with van der Waals surface area (Å²) in [5, 5.41) is 17.2. The highest BCUT2D eigenvalue weighted by molar-refractivity contribution is 8.14. The third-order valence-corrected chi connectivity index (χ3v) is 3.48. The summed E-state index contributed by atoms with van der Waals surface area (Å²) in [6, 6.07) is 15.6. The van der Waals surface area contributed by atoms with Crippen LogP contribution < -0.4 is 0 Å². The molecule has 0 saturated carbocycles. The van der Waals surface area contributed by atoms with Gasteiger partial charge in [0.05, 0.1) is 5.56 Å². The quantitative estimate of drug-likeness (QED) is 0.747. The zero-order valence-electron chi connectivity index (χ0n) is 10.8. The summed E-state index contributed by atoms with van der Waals surface area (Å²) >= 11 is 0.787. The van der Waals surface area contributed by atoms with E-state index in [1.54, 1.807) is 18.2 Å². The lowest BCUT2D eigenvalue weighted by Gasteiger charge is -1.99. The van der Waals surface area contributed by atoms with E-state index < -0.39 is 0 Å². The van der Waals surface area contributed by atoms with Gasteiger partial charge in [-0.15, -0.1) is 10.2 Å². The maximum absolute atomic E-state index is 12.1. The smallest absolute Gasteiger partial charge is 0.284 e. The van der Waals surface area contributed by atoms with Crippen LogP contribution in [0.25, 0.3) is 11.5 Å². The van der Waals surface area contributed by atoms with Gasteiger partial charge in [-0.25, -0.2) is 0 Å². The average molecular weight is 298 g/mol. The molecule has 0 aliphatic carbocycles. The fraction of sp³-hybridized carbons (Fsp3) is 0. The minimum atomic E-state index is -0.351. The van der Waals surface area contributed by atoms with E-state index in [1.807, 2.05) is 30.3 Å². The monoisotopic (exact) mass is 298 g/mol. The summed E-state index contributed by atoms with van der Waals surface area (Å²) in [4.78, 5) is 12.1. The molecule has 0 spiro atoms. The lowest BCUT2D eigenvalue weighted by Crippen LogP contribution is -1.93. The van der Waals surface area contributed by atoms with Crippen molar-refractivity contribution >= 4 is 16.9 Å². The number of carbonyl (C=O) groups excluding carboxylic acids is 1. The number of hydrogen-bond donors (Lipinski definition) is 1. The molecule has 0 radical (unpaired) electrons. The standard InChI is InChI=1S/C15H10N2O3S/c18-12-9-5-4-8-11(12)14(19)21-15-17-16-13(20-15)10-6-2-1-3-7-10/h1-9,18H. The van der Waals surface area contributed by atoms with Gasteiger partial charge in [0.25, 0.3) is 5.22 Å². The number of thioether (sulfide) groups is 1. The predicted octanol–water partition coefficient (Wildman–Crippen LogP) is 3.37. The average Bonchev–Trinajstić information content (AvgIpc) is 2.97. The molecule has 5 nitrogen and oxygen atoms in total. The van der Waals surface area contributed by atoms with E-state index in [4.69, 9.17) is 4.42 Å². The molecule has 2 aromatic carbocycles. The summed E-state index contributed by atoms with van der Waals surface area (Å²) in [6.45, 7) is 0. The second kappa shape index (κ2) is 5.80. The molecule has 104 valence electrons. The molecular weight excluding hydrogens is 288 g/mol. The van der Waals surface area contributed by atoms with Crippen molar-refractivity contribution in [1.29, 1.82) is 0 Å². The molecule has 21 heavy (non-hydrogen) atoms. The zero-order chi connectivity index (χ0) is 14.7. The van der Waals surface area contributed by atoms with Crippen LogP contribution in [0.5, 0.6) is 5.75 Å². The number of phenolic OH excluding ortho intramolecular Hbond substituents is 1. The van der Waals surface area contributed by atoms with Crippen LogP contribution in [0.2, 0.25) is 0 Å². The van der Waals surface area contributed by atoms with Gasteiger partial charge in [0.15, 0.2) is 0 Å². The number of carbonyl (C=O) groups is 1. The van der Waals surface area contributed by atoms with Crippen LogP contribution in [-0.2, 0) is 0 Å². The molecule has 0 amide bonds. The molecule has 0 saturated heterocycles. The summed E-state index contributed by atoms with van der Waals surface area (Å²) < 4.78 is 5.44. The number of benzene rings is 2. The lowest BCUT2D eigenvalue weighted by molar-refractivity contribution is 0.108. The molecule has 0 atom stereocenters. The van der Waals surface area contributed by atoms with Gasteiger partial charge in [0, 0.05) is 17.3 Å². The van der Waals surface area contributed by atoms with Gasteiger partial charge in [-0.2, -0.15) is 0 Å². The molecule has 6 heteroatoms. The molecule has 0 fully saturated rings. The van der Waals surface area contributed by atoms with Gasteiger partial charge >= 0.3 is 0 Å². The maximum atomic E-state index is 12.1. The van der Waals surface area contributed by atoms with E-state index in [0.717, 1.165) is 17.3 Å². The Bertz CT molecular complexity index is 771. The maximum Gasteiger partial charge on any atom is 0.284 e. The van der Waals surface area contributed by atoms with Crippen LogP contribution >= 0.6 is 11.8 Å². The topological polar surface area (TPSA) is 76.2 Å². The first-order chi connectivity index (χ1) is 10.2. The lowest BCUT2D eigenvalue weighted by atomic mass is 10.2. The van der Waals surface area contributed by atoms with Crippen LogP contribution in [-0.4, -0.2) is 20.4 Å². The van der Waals surface area contributed by atoms with Crippen LogP contribution in [0.15, 0.2) is 64.2 Å². The minimum Gasteiger partial charge on any atom is -0.507 e. The summed E-state index contributed by atoms with van der Waals surface area (Å²) in [5.74, 6) is 0.279. The highest BCUT2D eigenvalue weighted by Crippen LogP contribution is 2.28. The number of aromatic hydroxyl groups is 1. The normalized spacial score (nSPS) is 10.5. The Hall–Kier alpha value is -2.60. The van der Waals surface area contributed by atoms with Crippen molar-refractivity contribution in [2.45, 2.75) is 5.22 Å². The van der Waals surface area contributed by atoms with Crippen LogP contribution in [0, 0.1) is 0 Å². The molecule has 1 N–H and O–H groups in total. The van der Waals surface area contributed by atoms with E-state index in [-0.39, 0.29) is 21.7 Å². The number of phenols is 1. The molecule has 0 aliphatic rings. The van der Waals surface area contributed by atoms with Crippen molar-refractivity contribution in [1.82, 2.24) is 10.2 Å². The summed E-state index contributed by atoms with van der Waals surface area (Å²) in [7, 11) is 0. The second-order valence-corrected chi connectivity index (χ2v) is 5.07. The first-order valence-corrected chi connectivity index (χ1v) is 6.95. The number of rotatable bonds is 3. The first-order valence-electron chi connectivity index (χ1n) is 6.13. The third-order valence-electron chi connectivity index (χ3n) is 2.73. The molecular formula is C15H10N2O3S. The van der Waals surface area contributed by atoms with E-state index in [2.05, 4.69) is 10.2 Å². The van der Waals surface area contributed by atoms with Gasteiger partial charge in [-0.3, -0.25) is 4.79 Å². The highest BCUT2D eigenvalue weighted by atomic mass is 32.2. The predicted molar refractivity (Wildman–Crippen MR) is 78.0 cm³/mol. The third kappa shape index (κ3) is 2.95. The van der Waals surface area contributed by atoms with Crippen molar-refractivity contribution in [3.63, 3.8) is 0 Å². The molecule has 0 unspecified atom stereocenters. The van der Waals surface area contributed by atoms with Gasteiger partial charge in [-0.1, -0.05) is 30.3 Å². The second-order valence-electron chi connectivity index (χ2n) is 4.15. The number of hydrogen-bond acceptors (Lipinski definition) is 6. The summed E-state index contributed by atoms with van der Waals surface area (Å²) in [5.41, 5.74) is 0.994. The van der Waals surface area contributed by atoms with Crippen molar-refractivity contribution in [2.75, 3.05) is 0 Å². The van der Waals surface area contributed by atoms with E-state index in [0.29, 0.717) is 5.89 Å². The Morgan fingerprint density at radius 1 is 1.00 bits per heavy atom. The van der Waals surface area contributed by atoms with Crippen molar-refractivity contribution in [2.24, 2.45) is 0 Å². The van der Waals surface area contributed by atoms with Crippen molar-refractivity contribution in [3.8, 4) is 17.2 Å². The zero-order valence-corrected chi connectivity index (χ0v) is 11.6.